The van der Waals surface area contributed by atoms with Gasteiger partial charge in [0.15, 0.2) is 28.1 Å². The number of hydrogen-bond acceptors (Lipinski definition) is 12. The molecule has 0 amide bonds. The second kappa shape index (κ2) is 18.5. The van der Waals surface area contributed by atoms with Crippen molar-refractivity contribution in [2.24, 2.45) is 0 Å². The smallest absolute Gasteiger partial charge is 0.235 e. The summed E-state index contributed by atoms with van der Waals surface area (Å²) in [5.74, 6) is 3.30. The van der Waals surface area contributed by atoms with Crippen LogP contribution in [0.1, 0.15) is 0 Å². The van der Waals surface area contributed by atoms with Gasteiger partial charge >= 0.3 is 0 Å². The molecule has 19 rings (SSSR count). The van der Waals surface area contributed by atoms with Crippen molar-refractivity contribution in [3.8, 4) is 80.0 Å². The molecule has 8 aromatic heterocycles. The van der Waals surface area contributed by atoms with Crippen LogP contribution in [0.25, 0.3) is 190 Å². The Kier molecular flexibility index (Phi) is 10.1. The number of rotatable bonds is 8. The average Bonchev–Trinajstić information content (AvgIpc) is 1.88. The maximum Gasteiger partial charge on any atom is 0.235 e. The standard InChI is InChI=1S/C74H40N10O4/c1-2-13-41(14-3-1)67-69(77-55-19-7-6-18-54(55)76-67)83-60-30-25-43(70-78-56-20-8-10-23-64(56)85-70)35-49(60)50-36-45(26-31-61(50)83)72-81-59-39-42(29-34-66(59)87-72)48-16-12-22-58-68(48)88-73(80-58)46-28-33-63-52(38-46)51-37-44(71-79-57-21-9-11-24-65(57)86-71)27-32-62(51)84(63)74-75-40-47-15-4-5-17-53(47)82-74/h1-40H. The van der Waals surface area contributed by atoms with E-state index in [1.807, 2.05) is 164 Å². The molecule has 19 aromatic rings. The summed E-state index contributed by atoms with van der Waals surface area (Å²) in [6.45, 7) is 0. The SMILES string of the molecule is c1ccc(-c2nc3ccccc3nc2-n2c3ccc(-c4nc5ccccc5o4)cc3c3cc(-c4nc5cc(-c6cccc7nc(-c8ccc9c(c8)c8cc(-c%10nc%11ccccc%11o%10)ccc8n9-c8ncc9ccccc9n8)oc67)ccc5o4)ccc32)cc1. The highest BCUT2D eigenvalue weighted by molar-refractivity contribution is 6.13. The summed E-state index contributed by atoms with van der Waals surface area (Å²) in [6.07, 6.45) is 1.87. The van der Waals surface area contributed by atoms with E-state index < -0.39 is 0 Å². The van der Waals surface area contributed by atoms with Crippen molar-refractivity contribution in [1.29, 1.82) is 0 Å². The van der Waals surface area contributed by atoms with Gasteiger partial charge in [-0.25, -0.2) is 39.9 Å². The quantitative estimate of drug-likeness (QED) is 0.142. The van der Waals surface area contributed by atoms with E-state index in [4.69, 9.17) is 57.5 Å². The monoisotopic (exact) mass is 1130 g/mol. The van der Waals surface area contributed by atoms with Crippen LogP contribution in [0, 0.1) is 0 Å². The van der Waals surface area contributed by atoms with Gasteiger partial charge in [0.2, 0.25) is 29.5 Å². The predicted molar refractivity (Wildman–Crippen MR) is 344 cm³/mol. The predicted octanol–water partition coefficient (Wildman–Crippen LogP) is 18.3. The third-order valence-electron chi connectivity index (χ3n) is 16.7. The van der Waals surface area contributed by atoms with Gasteiger partial charge in [-0.15, -0.1) is 0 Å². The van der Waals surface area contributed by atoms with Gasteiger partial charge in [0.25, 0.3) is 0 Å². The minimum Gasteiger partial charge on any atom is -0.436 e. The Morgan fingerprint density at radius 3 is 1.35 bits per heavy atom. The lowest BCUT2D eigenvalue weighted by Crippen LogP contribution is -2.03. The summed E-state index contributed by atoms with van der Waals surface area (Å²) in [4.78, 5) is 40.5. The Hall–Kier alpha value is -12.4. The van der Waals surface area contributed by atoms with E-state index in [-0.39, 0.29) is 0 Å². The normalized spacial score (nSPS) is 12.1. The summed E-state index contributed by atoms with van der Waals surface area (Å²) in [6, 6.07) is 79.0. The molecule has 0 unspecified atom stereocenters. The highest BCUT2D eigenvalue weighted by atomic mass is 16.4. The molecule has 14 heteroatoms. The molecular weight excluding hydrogens is 1090 g/mol. The van der Waals surface area contributed by atoms with Gasteiger partial charge in [0.05, 0.1) is 38.6 Å². The first kappa shape index (κ1) is 48.0. The molecule has 410 valence electrons. The molecule has 0 bridgehead atoms. The summed E-state index contributed by atoms with van der Waals surface area (Å²) in [5.41, 5.74) is 18.7. The molecule has 14 nitrogen and oxygen atoms in total. The molecule has 0 radical (unpaired) electrons. The number of benzene rings is 11. The van der Waals surface area contributed by atoms with Gasteiger partial charge in [-0.1, -0.05) is 103 Å². The first-order chi connectivity index (χ1) is 43.5. The fraction of sp³-hybridized carbons (Fsp3) is 0. The summed E-state index contributed by atoms with van der Waals surface area (Å²) in [7, 11) is 0. The number of aromatic nitrogens is 10. The Balaban J connectivity index is 0.717. The lowest BCUT2D eigenvalue weighted by Gasteiger charge is -2.13. The van der Waals surface area contributed by atoms with Crippen LogP contribution in [0.3, 0.4) is 0 Å². The van der Waals surface area contributed by atoms with Crippen molar-refractivity contribution in [3.05, 3.63) is 243 Å². The van der Waals surface area contributed by atoms with Gasteiger partial charge in [0.1, 0.15) is 27.8 Å². The lowest BCUT2D eigenvalue weighted by molar-refractivity contribution is 0.619. The van der Waals surface area contributed by atoms with Gasteiger partial charge in [0, 0.05) is 66.5 Å². The van der Waals surface area contributed by atoms with Crippen LogP contribution >= 0.6 is 0 Å². The maximum atomic E-state index is 6.84. The summed E-state index contributed by atoms with van der Waals surface area (Å²) < 4.78 is 30.4. The van der Waals surface area contributed by atoms with Crippen molar-refractivity contribution >= 4 is 110 Å². The molecule has 0 spiro atoms. The van der Waals surface area contributed by atoms with Gasteiger partial charge < -0.3 is 17.7 Å². The Bertz CT molecular complexity index is 6040. The molecule has 0 aliphatic carbocycles. The van der Waals surface area contributed by atoms with E-state index in [2.05, 4.69) is 88.0 Å². The third-order valence-corrected chi connectivity index (χ3v) is 16.7. The number of oxazole rings is 4. The van der Waals surface area contributed by atoms with Crippen molar-refractivity contribution in [2.45, 2.75) is 0 Å². The van der Waals surface area contributed by atoms with E-state index in [0.717, 1.165) is 138 Å². The third kappa shape index (κ3) is 7.48. The zero-order chi connectivity index (χ0) is 57.6. The summed E-state index contributed by atoms with van der Waals surface area (Å²) in [5, 5.41) is 4.82. The van der Waals surface area contributed by atoms with Crippen molar-refractivity contribution in [2.75, 3.05) is 0 Å². The molecule has 0 saturated heterocycles. The Morgan fingerprint density at radius 2 is 0.750 bits per heavy atom. The maximum absolute atomic E-state index is 6.84. The first-order valence-electron chi connectivity index (χ1n) is 28.8. The number of para-hydroxylation sites is 8. The number of hydrogen-bond donors (Lipinski definition) is 0. The molecular formula is C74H40N10O4. The van der Waals surface area contributed by atoms with Gasteiger partial charge in [-0.3, -0.25) is 9.13 Å². The molecule has 0 atom stereocenters. The largest absolute Gasteiger partial charge is 0.436 e. The molecule has 11 aromatic carbocycles. The topological polar surface area (TPSA) is 166 Å². The molecule has 0 aliphatic rings. The van der Waals surface area contributed by atoms with Crippen LogP contribution in [0.15, 0.2) is 260 Å². The number of nitrogens with zero attached hydrogens (tertiary/aromatic N) is 10. The van der Waals surface area contributed by atoms with E-state index in [0.29, 0.717) is 52.0 Å². The Morgan fingerprint density at radius 1 is 0.284 bits per heavy atom. The van der Waals surface area contributed by atoms with Crippen LogP contribution in [-0.4, -0.2) is 49.0 Å². The molecule has 0 saturated carbocycles. The molecule has 0 fully saturated rings. The molecule has 0 aliphatic heterocycles. The molecule has 8 heterocycles. The van der Waals surface area contributed by atoms with E-state index in [9.17, 15) is 0 Å². The van der Waals surface area contributed by atoms with Crippen LogP contribution in [0.2, 0.25) is 0 Å². The minimum atomic E-state index is 0.477. The second-order valence-electron chi connectivity index (χ2n) is 21.9. The van der Waals surface area contributed by atoms with E-state index >= 15 is 0 Å². The molecule has 88 heavy (non-hydrogen) atoms. The fourth-order valence-electron chi connectivity index (χ4n) is 12.5. The average molecular weight is 1130 g/mol. The number of fused-ring (bicyclic) bond motifs is 12. The lowest BCUT2D eigenvalue weighted by atomic mass is 10.0. The Labute approximate surface area is 496 Å². The van der Waals surface area contributed by atoms with Crippen LogP contribution in [0.5, 0.6) is 0 Å². The zero-order valence-electron chi connectivity index (χ0n) is 46.2. The van der Waals surface area contributed by atoms with Crippen molar-refractivity contribution in [3.63, 3.8) is 0 Å². The second-order valence-corrected chi connectivity index (χ2v) is 21.9. The highest BCUT2D eigenvalue weighted by Gasteiger charge is 2.24. The van der Waals surface area contributed by atoms with Crippen LogP contribution in [-0.2, 0) is 0 Å². The van der Waals surface area contributed by atoms with Crippen LogP contribution < -0.4 is 0 Å². The van der Waals surface area contributed by atoms with Crippen molar-refractivity contribution in [1.82, 2.24) is 49.0 Å². The van der Waals surface area contributed by atoms with Crippen LogP contribution in [0.4, 0.5) is 0 Å². The molecule has 0 N–H and O–H groups in total. The minimum absolute atomic E-state index is 0.477. The van der Waals surface area contributed by atoms with Gasteiger partial charge in [-0.05, 0) is 139 Å². The summed E-state index contributed by atoms with van der Waals surface area (Å²) >= 11 is 0. The highest BCUT2D eigenvalue weighted by Crippen LogP contribution is 2.43. The van der Waals surface area contributed by atoms with E-state index in [1.165, 1.54) is 0 Å². The first-order valence-corrected chi connectivity index (χ1v) is 28.8. The van der Waals surface area contributed by atoms with Gasteiger partial charge in [-0.2, -0.15) is 0 Å². The van der Waals surface area contributed by atoms with E-state index in [1.54, 1.807) is 0 Å². The van der Waals surface area contributed by atoms with Crippen molar-refractivity contribution < 1.29 is 17.7 Å². The fourth-order valence-corrected chi connectivity index (χ4v) is 12.5. The zero-order valence-corrected chi connectivity index (χ0v) is 46.2.